The van der Waals surface area contributed by atoms with Gasteiger partial charge in [-0.15, -0.1) is 0 Å². The summed E-state index contributed by atoms with van der Waals surface area (Å²) in [7, 11) is -3.30. The van der Waals surface area contributed by atoms with Gasteiger partial charge in [-0.05, 0) is 30.3 Å². The number of aromatic carboxylic acids is 1. The Bertz CT molecular complexity index is 847. The Morgan fingerprint density at radius 2 is 1.78 bits per heavy atom. The summed E-state index contributed by atoms with van der Waals surface area (Å²) < 4.78 is 58.5. The van der Waals surface area contributed by atoms with Crippen LogP contribution in [-0.4, -0.2) is 26.6 Å². The zero-order chi connectivity index (χ0) is 17.2. The minimum atomic E-state index is -4.48. The molecule has 0 radical (unpaired) electrons. The minimum absolute atomic E-state index is 0.167. The Kier molecular flexibility index (Phi) is 4.50. The largest absolute Gasteiger partial charge is 0.495 e. The number of carbonyl (C=O) groups is 1. The van der Waals surface area contributed by atoms with Crippen LogP contribution < -0.4 is 9.46 Å². The Balaban J connectivity index is 2.55. The number of rotatable bonds is 5. The molecule has 0 saturated heterocycles. The van der Waals surface area contributed by atoms with Gasteiger partial charge in [-0.2, -0.15) is 0 Å². The van der Waals surface area contributed by atoms with Crippen molar-refractivity contribution in [3.63, 3.8) is 0 Å². The second-order valence-electron chi connectivity index (χ2n) is 4.37. The molecule has 0 amide bonds. The molecule has 6 nitrogen and oxygen atoms in total. The highest BCUT2D eigenvalue weighted by Crippen LogP contribution is 2.28. The van der Waals surface area contributed by atoms with Crippen LogP contribution >= 0.6 is 0 Å². The van der Waals surface area contributed by atoms with Crippen molar-refractivity contribution in [2.75, 3.05) is 11.8 Å². The molecular formula is C14H11F2NO5S. The molecule has 2 aromatic rings. The molecule has 0 saturated carbocycles. The number of carboxylic acids is 1. The van der Waals surface area contributed by atoms with Crippen molar-refractivity contribution in [3.8, 4) is 5.75 Å². The molecule has 0 heterocycles. The molecule has 0 unspecified atom stereocenters. The van der Waals surface area contributed by atoms with Crippen LogP contribution in [0.2, 0.25) is 0 Å². The fraction of sp³-hybridized carbons (Fsp3) is 0.0714. The summed E-state index contributed by atoms with van der Waals surface area (Å²) in [5.74, 6) is -3.75. The first kappa shape index (κ1) is 16.7. The van der Waals surface area contributed by atoms with Gasteiger partial charge in [0.15, 0.2) is 0 Å². The lowest BCUT2D eigenvalue weighted by molar-refractivity contribution is 0.0696. The first-order valence-corrected chi connectivity index (χ1v) is 7.62. The van der Waals surface area contributed by atoms with Gasteiger partial charge < -0.3 is 9.84 Å². The van der Waals surface area contributed by atoms with Crippen LogP contribution in [0.15, 0.2) is 41.3 Å². The van der Waals surface area contributed by atoms with Gasteiger partial charge in [0, 0.05) is 0 Å². The van der Waals surface area contributed by atoms with Crippen molar-refractivity contribution in [3.05, 3.63) is 53.6 Å². The van der Waals surface area contributed by atoms with Crippen LogP contribution in [0.3, 0.4) is 0 Å². The fourth-order valence-electron chi connectivity index (χ4n) is 1.80. The number of carboxylic acid groups (broad SMARTS) is 1. The van der Waals surface area contributed by atoms with E-state index in [-0.39, 0.29) is 11.3 Å². The molecule has 0 spiro atoms. The molecule has 0 fully saturated rings. The van der Waals surface area contributed by atoms with Crippen LogP contribution in [0.1, 0.15) is 10.4 Å². The summed E-state index contributed by atoms with van der Waals surface area (Å²) in [5, 5.41) is 8.94. The van der Waals surface area contributed by atoms with Gasteiger partial charge in [-0.3, -0.25) is 4.72 Å². The highest BCUT2D eigenvalue weighted by Gasteiger charge is 2.24. The Hall–Kier alpha value is -2.68. The maximum absolute atomic E-state index is 13.6. The molecular weight excluding hydrogens is 332 g/mol. The molecule has 0 aliphatic heterocycles. The van der Waals surface area contributed by atoms with E-state index >= 15 is 0 Å². The highest BCUT2D eigenvalue weighted by atomic mass is 32.2. The third-order valence-corrected chi connectivity index (χ3v) is 4.27. The van der Waals surface area contributed by atoms with Gasteiger partial charge in [0.2, 0.25) is 0 Å². The maximum atomic E-state index is 13.6. The van der Waals surface area contributed by atoms with Crippen molar-refractivity contribution in [2.45, 2.75) is 4.90 Å². The number of hydrogen-bond donors (Lipinski definition) is 2. The zero-order valence-corrected chi connectivity index (χ0v) is 12.5. The molecule has 0 bridgehead atoms. The van der Waals surface area contributed by atoms with Gasteiger partial charge in [-0.1, -0.05) is 6.07 Å². The molecule has 2 aromatic carbocycles. The number of ether oxygens (including phenoxy) is 1. The van der Waals surface area contributed by atoms with Crippen LogP contribution in [-0.2, 0) is 10.0 Å². The predicted molar refractivity (Wildman–Crippen MR) is 77.1 cm³/mol. The predicted octanol–water partition coefficient (Wildman–Crippen LogP) is 2.47. The number of para-hydroxylation sites is 1. The van der Waals surface area contributed by atoms with E-state index in [9.17, 15) is 22.0 Å². The Labute approximate surface area is 130 Å². The second kappa shape index (κ2) is 6.21. The van der Waals surface area contributed by atoms with Gasteiger partial charge in [0.1, 0.15) is 28.0 Å². The molecule has 122 valence electrons. The number of hydrogen-bond acceptors (Lipinski definition) is 4. The number of halogens is 2. The zero-order valence-electron chi connectivity index (χ0n) is 11.7. The van der Waals surface area contributed by atoms with E-state index < -0.39 is 38.2 Å². The summed E-state index contributed by atoms with van der Waals surface area (Å²) in [6, 6.07) is 5.95. The standard InChI is InChI=1S/C14H11F2NO5S/c1-22-11-6-5-8(14(18)19)7-12(11)23(20,21)17-13-9(15)3-2-4-10(13)16/h2-7,17H,1H3,(H,18,19). The van der Waals surface area contributed by atoms with Crippen molar-refractivity contribution in [1.29, 1.82) is 0 Å². The summed E-state index contributed by atoms with van der Waals surface area (Å²) in [4.78, 5) is 10.4. The number of nitrogens with one attached hydrogen (secondary N) is 1. The number of anilines is 1. The SMILES string of the molecule is COc1ccc(C(=O)O)cc1S(=O)(=O)Nc1c(F)cccc1F. The van der Waals surface area contributed by atoms with Crippen molar-refractivity contribution >= 4 is 21.7 Å². The summed E-state index contributed by atoms with van der Waals surface area (Å²) >= 11 is 0. The molecule has 0 aromatic heterocycles. The van der Waals surface area contributed by atoms with E-state index in [4.69, 9.17) is 9.84 Å². The topological polar surface area (TPSA) is 92.7 Å². The summed E-state index contributed by atoms with van der Waals surface area (Å²) in [6.07, 6.45) is 0. The van der Waals surface area contributed by atoms with E-state index in [0.29, 0.717) is 0 Å². The Morgan fingerprint density at radius 1 is 1.17 bits per heavy atom. The quantitative estimate of drug-likeness (QED) is 0.870. The number of benzene rings is 2. The van der Waals surface area contributed by atoms with Gasteiger partial charge >= 0.3 is 5.97 Å². The first-order valence-electron chi connectivity index (χ1n) is 6.14. The van der Waals surface area contributed by atoms with Gasteiger partial charge in [0.05, 0.1) is 12.7 Å². The summed E-state index contributed by atoms with van der Waals surface area (Å²) in [5.41, 5.74) is -1.18. The maximum Gasteiger partial charge on any atom is 0.335 e. The van der Waals surface area contributed by atoms with Gasteiger partial charge in [0.25, 0.3) is 10.0 Å². The van der Waals surface area contributed by atoms with E-state index in [0.717, 1.165) is 36.4 Å². The third-order valence-electron chi connectivity index (χ3n) is 2.90. The van der Waals surface area contributed by atoms with Crippen LogP contribution in [0, 0.1) is 11.6 Å². The highest BCUT2D eigenvalue weighted by molar-refractivity contribution is 7.92. The molecule has 9 heteroatoms. The van der Waals surface area contributed by atoms with Crippen molar-refractivity contribution in [2.24, 2.45) is 0 Å². The smallest absolute Gasteiger partial charge is 0.335 e. The Morgan fingerprint density at radius 3 is 2.30 bits per heavy atom. The molecule has 2 rings (SSSR count). The van der Waals surface area contributed by atoms with E-state index in [1.54, 1.807) is 4.72 Å². The molecule has 2 N–H and O–H groups in total. The molecule has 0 aliphatic carbocycles. The minimum Gasteiger partial charge on any atom is -0.495 e. The lowest BCUT2D eigenvalue weighted by atomic mass is 10.2. The fourth-order valence-corrected chi connectivity index (χ4v) is 3.08. The van der Waals surface area contributed by atoms with E-state index in [1.165, 1.54) is 7.11 Å². The van der Waals surface area contributed by atoms with Crippen LogP contribution in [0.25, 0.3) is 0 Å². The first-order chi connectivity index (χ1) is 10.8. The molecule has 23 heavy (non-hydrogen) atoms. The number of sulfonamides is 1. The monoisotopic (exact) mass is 343 g/mol. The van der Waals surface area contributed by atoms with Crippen molar-refractivity contribution < 1.29 is 31.8 Å². The number of methoxy groups -OCH3 is 1. The van der Waals surface area contributed by atoms with E-state index in [1.807, 2.05) is 0 Å². The van der Waals surface area contributed by atoms with E-state index in [2.05, 4.69) is 0 Å². The van der Waals surface area contributed by atoms with Crippen LogP contribution in [0.5, 0.6) is 5.75 Å². The average molecular weight is 343 g/mol. The van der Waals surface area contributed by atoms with Crippen molar-refractivity contribution in [1.82, 2.24) is 0 Å². The summed E-state index contributed by atoms with van der Waals surface area (Å²) in [6.45, 7) is 0. The average Bonchev–Trinajstić information content (AvgIpc) is 2.50. The second-order valence-corrected chi connectivity index (χ2v) is 6.02. The van der Waals surface area contributed by atoms with Crippen LogP contribution in [0.4, 0.5) is 14.5 Å². The third kappa shape index (κ3) is 3.39. The molecule has 0 aliphatic rings. The molecule has 0 atom stereocenters. The lowest BCUT2D eigenvalue weighted by Crippen LogP contribution is -2.17. The lowest BCUT2D eigenvalue weighted by Gasteiger charge is -2.13. The normalized spacial score (nSPS) is 11.1. The van der Waals surface area contributed by atoms with Gasteiger partial charge in [-0.25, -0.2) is 22.0 Å².